The summed E-state index contributed by atoms with van der Waals surface area (Å²) in [6, 6.07) is 9.04. The SMILES string of the molecule is CCOCCCn1c(SCC(=O)N(C)Cc2cccs2)nc2cc(Cl)ccc2c1=O. The lowest BCUT2D eigenvalue weighted by molar-refractivity contribution is -0.127. The second-order valence-corrected chi connectivity index (χ2v) is 9.09. The van der Waals surface area contributed by atoms with Gasteiger partial charge >= 0.3 is 0 Å². The van der Waals surface area contributed by atoms with E-state index >= 15 is 0 Å². The molecule has 0 fully saturated rings. The molecule has 0 aliphatic rings. The molecule has 0 N–H and O–H groups in total. The van der Waals surface area contributed by atoms with Gasteiger partial charge in [-0.25, -0.2) is 4.98 Å². The van der Waals surface area contributed by atoms with E-state index in [0.717, 1.165) is 4.88 Å². The highest BCUT2D eigenvalue weighted by Gasteiger charge is 2.16. The smallest absolute Gasteiger partial charge is 0.262 e. The highest BCUT2D eigenvalue weighted by Crippen LogP contribution is 2.21. The predicted octanol–water partition coefficient (Wildman–Crippen LogP) is 4.29. The molecule has 0 unspecified atom stereocenters. The average Bonchev–Trinajstić information content (AvgIpc) is 3.23. The number of fused-ring (bicyclic) bond motifs is 1. The Morgan fingerprint density at radius 1 is 1.37 bits per heavy atom. The molecule has 0 aliphatic carbocycles. The molecular weight excluding hydrogens is 442 g/mol. The molecule has 1 aromatic carbocycles. The van der Waals surface area contributed by atoms with Gasteiger partial charge in [0.1, 0.15) is 0 Å². The third-order valence-corrected chi connectivity index (χ3v) is 6.54. The minimum Gasteiger partial charge on any atom is -0.382 e. The van der Waals surface area contributed by atoms with Gasteiger partial charge in [0.15, 0.2) is 5.16 Å². The molecule has 0 spiro atoms. The van der Waals surface area contributed by atoms with Crippen molar-refractivity contribution in [1.29, 1.82) is 0 Å². The van der Waals surface area contributed by atoms with E-state index in [2.05, 4.69) is 4.98 Å². The van der Waals surface area contributed by atoms with Crippen LogP contribution in [0.1, 0.15) is 18.2 Å². The highest BCUT2D eigenvalue weighted by atomic mass is 35.5. The molecule has 0 atom stereocenters. The van der Waals surface area contributed by atoms with Crippen LogP contribution in [0.2, 0.25) is 5.02 Å². The molecule has 0 aliphatic heterocycles. The molecule has 9 heteroatoms. The number of amides is 1. The van der Waals surface area contributed by atoms with Gasteiger partial charge in [-0.2, -0.15) is 0 Å². The summed E-state index contributed by atoms with van der Waals surface area (Å²) in [7, 11) is 1.78. The first kappa shape index (κ1) is 22.8. The van der Waals surface area contributed by atoms with E-state index in [-0.39, 0.29) is 17.2 Å². The number of carbonyl (C=O) groups excluding carboxylic acids is 1. The Kier molecular flexibility index (Phi) is 8.32. The maximum atomic E-state index is 13.0. The van der Waals surface area contributed by atoms with E-state index in [9.17, 15) is 9.59 Å². The molecule has 1 amide bonds. The molecule has 30 heavy (non-hydrogen) atoms. The summed E-state index contributed by atoms with van der Waals surface area (Å²) in [4.78, 5) is 33.1. The van der Waals surface area contributed by atoms with Crippen molar-refractivity contribution >= 4 is 51.5 Å². The van der Waals surface area contributed by atoms with Crippen LogP contribution >= 0.6 is 34.7 Å². The Labute approximate surface area is 188 Å². The fourth-order valence-electron chi connectivity index (χ4n) is 2.91. The van der Waals surface area contributed by atoms with E-state index in [0.29, 0.717) is 53.8 Å². The topological polar surface area (TPSA) is 64.4 Å². The van der Waals surface area contributed by atoms with Crippen molar-refractivity contribution in [3.05, 3.63) is 56.0 Å². The van der Waals surface area contributed by atoms with Crippen LogP contribution in [0, 0.1) is 0 Å². The highest BCUT2D eigenvalue weighted by molar-refractivity contribution is 7.99. The summed E-state index contributed by atoms with van der Waals surface area (Å²) in [6.07, 6.45) is 0.689. The van der Waals surface area contributed by atoms with Crippen LogP contribution in [0.3, 0.4) is 0 Å². The van der Waals surface area contributed by atoms with Crippen molar-refractivity contribution in [2.24, 2.45) is 0 Å². The zero-order chi connectivity index (χ0) is 21.5. The molecule has 0 radical (unpaired) electrons. The maximum Gasteiger partial charge on any atom is 0.262 e. The fraction of sp³-hybridized carbons (Fsp3) is 0.381. The largest absolute Gasteiger partial charge is 0.382 e. The summed E-state index contributed by atoms with van der Waals surface area (Å²) in [5.74, 6) is 0.181. The Balaban J connectivity index is 1.79. The number of hydrogen-bond donors (Lipinski definition) is 0. The number of benzene rings is 1. The molecule has 2 aromatic heterocycles. The van der Waals surface area contributed by atoms with Crippen molar-refractivity contribution < 1.29 is 9.53 Å². The van der Waals surface area contributed by atoms with E-state index in [4.69, 9.17) is 16.3 Å². The first-order chi connectivity index (χ1) is 14.5. The van der Waals surface area contributed by atoms with Crippen LogP contribution in [0.5, 0.6) is 0 Å². The number of hydrogen-bond acceptors (Lipinski definition) is 6. The van der Waals surface area contributed by atoms with Crippen LogP contribution in [0.25, 0.3) is 10.9 Å². The first-order valence-electron chi connectivity index (χ1n) is 9.66. The predicted molar refractivity (Wildman–Crippen MR) is 124 cm³/mol. The van der Waals surface area contributed by atoms with Crippen LogP contribution in [-0.2, 0) is 22.6 Å². The summed E-state index contributed by atoms with van der Waals surface area (Å²) in [5.41, 5.74) is 0.408. The van der Waals surface area contributed by atoms with Gasteiger partial charge in [-0.15, -0.1) is 11.3 Å². The second kappa shape index (κ2) is 10.9. The van der Waals surface area contributed by atoms with Crippen LogP contribution < -0.4 is 5.56 Å². The number of ether oxygens (including phenoxy) is 1. The minimum atomic E-state index is -0.130. The third kappa shape index (κ3) is 5.85. The van der Waals surface area contributed by atoms with Gasteiger partial charge in [-0.3, -0.25) is 14.2 Å². The average molecular weight is 466 g/mol. The van der Waals surface area contributed by atoms with Crippen molar-refractivity contribution in [3.8, 4) is 0 Å². The van der Waals surface area contributed by atoms with Gasteiger partial charge in [-0.05, 0) is 43.0 Å². The molecule has 0 bridgehead atoms. The molecule has 2 heterocycles. The summed E-state index contributed by atoms with van der Waals surface area (Å²) >= 11 is 8.98. The molecule has 6 nitrogen and oxygen atoms in total. The summed E-state index contributed by atoms with van der Waals surface area (Å²) < 4.78 is 7.03. The maximum absolute atomic E-state index is 13.0. The van der Waals surface area contributed by atoms with Crippen molar-refractivity contribution in [2.75, 3.05) is 26.0 Å². The number of thiophene rings is 1. The van der Waals surface area contributed by atoms with Crippen LogP contribution in [0.4, 0.5) is 0 Å². The Morgan fingerprint density at radius 2 is 2.20 bits per heavy atom. The standard InChI is InChI=1S/C21H24ClN3O3S2/c1-3-28-10-5-9-25-20(27)17-8-7-15(22)12-18(17)23-21(25)30-14-19(26)24(2)13-16-6-4-11-29-16/h4,6-8,11-12H,3,5,9-10,13-14H2,1-2H3. The van der Waals surface area contributed by atoms with Crippen LogP contribution in [-0.4, -0.2) is 46.4 Å². The number of halogens is 1. The number of nitrogens with zero attached hydrogens (tertiary/aromatic N) is 3. The van der Waals surface area contributed by atoms with Crippen LogP contribution in [0.15, 0.2) is 45.7 Å². The first-order valence-corrected chi connectivity index (χ1v) is 11.9. The normalized spacial score (nSPS) is 11.2. The second-order valence-electron chi connectivity index (χ2n) is 6.68. The lowest BCUT2D eigenvalue weighted by Crippen LogP contribution is -2.28. The molecular formula is C21H24ClN3O3S2. The van der Waals surface area contributed by atoms with Crippen molar-refractivity contribution in [2.45, 2.75) is 31.6 Å². The van der Waals surface area contributed by atoms with Gasteiger partial charge in [0, 0.05) is 36.7 Å². The molecule has 0 saturated heterocycles. The number of thioether (sulfide) groups is 1. The Morgan fingerprint density at radius 3 is 2.93 bits per heavy atom. The van der Waals surface area contributed by atoms with E-state index in [1.54, 1.807) is 46.1 Å². The third-order valence-electron chi connectivity index (χ3n) is 4.48. The lowest BCUT2D eigenvalue weighted by atomic mass is 10.2. The fourth-order valence-corrected chi connectivity index (χ4v) is 4.80. The monoisotopic (exact) mass is 465 g/mol. The van der Waals surface area contributed by atoms with Gasteiger partial charge < -0.3 is 9.64 Å². The number of aromatic nitrogens is 2. The molecule has 160 valence electrons. The molecule has 0 saturated carbocycles. The van der Waals surface area contributed by atoms with Gasteiger partial charge in [0.25, 0.3) is 5.56 Å². The zero-order valence-electron chi connectivity index (χ0n) is 17.0. The molecule has 3 rings (SSSR count). The van der Waals surface area contributed by atoms with Gasteiger partial charge in [0.05, 0.1) is 23.2 Å². The minimum absolute atomic E-state index is 0.0188. The number of rotatable bonds is 10. The van der Waals surface area contributed by atoms with E-state index in [1.165, 1.54) is 11.8 Å². The van der Waals surface area contributed by atoms with E-state index < -0.39 is 0 Å². The molecule has 3 aromatic rings. The van der Waals surface area contributed by atoms with Crippen molar-refractivity contribution in [3.63, 3.8) is 0 Å². The van der Waals surface area contributed by atoms with Crippen molar-refractivity contribution in [1.82, 2.24) is 14.5 Å². The zero-order valence-corrected chi connectivity index (χ0v) is 19.4. The number of carbonyl (C=O) groups is 1. The summed E-state index contributed by atoms with van der Waals surface area (Å²) in [5, 5.41) is 3.55. The Bertz CT molecular complexity index is 1050. The van der Waals surface area contributed by atoms with Gasteiger partial charge in [-0.1, -0.05) is 29.4 Å². The Hall–Kier alpha value is -1.87. The lowest BCUT2D eigenvalue weighted by Gasteiger charge is -2.17. The van der Waals surface area contributed by atoms with E-state index in [1.807, 2.05) is 24.4 Å². The van der Waals surface area contributed by atoms with Gasteiger partial charge in [0.2, 0.25) is 5.91 Å². The quantitative estimate of drug-likeness (QED) is 0.254. The summed E-state index contributed by atoms with van der Waals surface area (Å²) in [6.45, 7) is 4.18.